The van der Waals surface area contributed by atoms with Crippen molar-refractivity contribution in [3.8, 4) is 0 Å². The van der Waals surface area contributed by atoms with Crippen LogP contribution in [0.4, 0.5) is 11.6 Å². The number of nitrogens with zero attached hydrogens (tertiary/aromatic N) is 1. The molecule has 0 aliphatic carbocycles. The number of rotatable bonds is 7. The number of thioether (sulfide) groups is 1. The lowest BCUT2D eigenvalue weighted by Gasteiger charge is -2.11. The van der Waals surface area contributed by atoms with E-state index < -0.39 is 0 Å². The van der Waals surface area contributed by atoms with Gasteiger partial charge < -0.3 is 10.6 Å². The fraction of sp³-hybridized carbons (Fsp3) is 0.583. The molecule has 1 rings (SSSR count). The molecule has 0 saturated heterocycles. The van der Waals surface area contributed by atoms with E-state index in [-0.39, 0.29) is 0 Å². The molecule has 0 amide bonds. The summed E-state index contributed by atoms with van der Waals surface area (Å²) < 4.78 is 0. The number of nitrogens with one attached hydrogen (secondary N) is 2. The van der Waals surface area contributed by atoms with Crippen LogP contribution in [0.5, 0.6) is 0 Å². The Bertz CT molecular complexity index is 304. The van der Waals surface area contributed by atoms with E-state index in [0.29, 0.717) is 5.25 Å². The molecule has 0 aromatic carbocycles. The SMILES string of the molecule is CCCNc1cccc(NCC(C)SC)n1. The van der Waals surface area contributed by atoms with Crippen LogP contribution in [-0.4, -0.2) is 29.6 Å². The second kappa shape index (κ2) is 7.39. The molecule has 90 valence electrons. The fourth-order valence-corrected chi connectivity index (χ4v) is 1.47. The molecule has 1 aromatic rings. The van der Waals surface area contributed by atoms with Gasteiger partial charge in [-0.2, -0.15) is 11.8 Å². The van der Waals surface area contributed by atoms with E-state index in [1.54, 1.807) is 0 Å². The molecule has 0 aliphatic heterocycles. The minimum absolute atomic E-state index is 0.606. The summed E-state index contributed by atoms with van der Waals surface area (Å²) in [6.07, 6.45) is 3.24. The summed E-state index contributed by atoms with van der Waals surface area (Å²) >= 11 is 1.86. The molecule has 0 bridgehead atoms. The van der Waals surface area contributed by atoms with Gasteiger partial charge in [0.25, 0.3) is 0 Å². The highest BCUT2D eigenvalue weighted by Gasteiger charge is 2.00. The van der Waals surface area contributed by atoms with Crippen molar-refractivity contribution in [1.82, 2.24) is 4.98 Å². The average Bonchev–Trinajstić information content (AvgIpc) is 2.34. The Morgan fingerprint density at radius 2 is 2.00 bits per heavy atom. The van der Waals surface area contributed by atoms with Crippen LogP contribution in [0.2, 0.25) is 0 Å². The smallest absolute Gasteiger partial charge is 0.128 e. The monoisotopic (exact) mass is 239 g/mol. The highest BCUT2D eigenvalue weighted by atomic mass is 32.2. The summed E-state index contributed by atoms with van der Waals surface area (Å²) in [5, 5.41) is 7.23. The molecule has 0 radical (unpaired) electrons. The minimum Gasteiger partial charge on any atom is -0.370 e. The van der Waals surface area contributed by atoms with Crippen molar-refractivity contribution < 1.29 is 0 Å². The van der Waals surface area contributed by atoms with E-state index in [0.717, 1.165) is 31.1 Å². The van der Waals surface area contributed by atoms with Crippen LogP contribution >= 0.6 is 11.8 Å². The lowest BCUT2D eigenvalue weighted by atomic mass is 10.4. The number of hydrogen-bond donors (Lipinski definition) is 2. The van der Waals surface area contributed by atoms with Crippen molar-refractivity contribution >= 4 is 23.4 Å². The molecule has 1 atom stereocenters. The van der Waals surface area contributed by atoms with Crippen LogP contribution in [0, 0.1) is 0 Å². The molecule has 1 aromatic heterocycles. The first-order valence-electron chi connectivity index (χ1n) is 5.73. The molecule has 1 unspecified atom stereocenters. The first-order valence-corrected chi connectivity index (χ1v) is 7.02. The van der Waals surface area contributed by atoms with Crippen molar-refractivity contribution in [3.05, 3.63) is 18.2 Å². The topological polar surface area (TPSA) is 37.0 Å². The van der Waals surface area contributed by atoms with Gasteiger partial charge in [-0.25, -0.2) is 4.98 Å². The van der Waals surface area contributed by atoms with Crippen LogP contribution in [0.1, 0.15) is 20.3 Å². The van der Waals surface area contributed by atoms with Crippen molar-refractivity contribution in [2.45, 2.75) is 25.5 Å². The van der Waals surface area contributed by atoms with Gasteiger partial charge in [0.1, 0.15) is 11.6 Å². The summed E-state index contributed by atoms with van der Waals surface area (Å²) in [6.45, 7) is 6.27. The fourth-order valence-electron chi connectivity index (χ4n) is 1.22. The van der Waals surface area contributed by atoms with Crippen LogP contribution in [0.3, 0.4) is 0 Å². The zero-order valence-corrected chi connectivity index (χ0v) is 11.1. The zero-order valence-electron chi connectivity index (χ0n) is 10.3. The van der Waals surface area contributed by atoms with Crippen molar-refractivity contribution in [3.63, 3.8) is 0 Å². The third kappa shape index (κ3) is 4.75. The van der Waals surface area contributed by atoms with Crippen molar-refractivity contribution in [2.24, 2.45) is 0 Å². The lowest BCUT2D eigenvalue weighted by Crippen LogP contribution is -2.14. The zero-order chi connectivity index (χ0) is 11.8. The molecule has 4 heteroatoms. The normalized spacial score (nSPS) is 12.2. The van der Waals surface area contributed by atoms with Gasteiger partial charge in [0.05, 0.1) is 0 Å². The average molecular weight is 239 g/mol. The van der Waals surface area contributed by atoms with E-state index >= 15 is 0 Å². The van der Waals surface area contributed by atoms with E-state index in [2.05, 4.69) is 35.7 Å². The van der Waals surface area contributed by atoms with Gasteiger partial charge in [-0.3, -0.25) is 0 Å². The molecular formula is C12H21N3S. The van der Waals surface area contributed by atoms with Crippen LogP contribution < -0.4 is 10.6 Å². The van der Waals surface area contributed by atoms with Crippen LogP contribution in [0.15, 0.2) is 18.2 Å². The first kappa shape index (κ1) is 13.2. The van der Waals surface area contributed by atoms with Crippen molar-refractivity contribution in [2.75, 3.05) is 30.0 Å². The van der Waals surface area contributed by atoms with Crippen LogP contribution in [0.25, 0.3) is 0 Å². The molecule has 3 nitrogen and oxygen atoms in total. The summed E-state index contributed by atoms with van der Waals surface area (Å²) in [4.78, 5) is 4.49. The summed E-state index contributed by atoms with van der Waals surface area (Å²) in [5.41, 5.74) is 0. The predicted molar refractivity (Wildman–Crippen MR) is 74.5 cm³/mol. The Hall–Kier alpha value is -0.900. The Balaban J connectivity index is 2.46. The molecular weight excluding hydrogens is 218 g/mol. The second-order valence-electron chi connectivity index (χ2n) is 3.76. The van der Waals surface area contributed by atoms with Crippen LogP contribution in [-0.2, 0) is 0 Å². The molecule has 16 heavy (non-hydrogen) atoms. The predicted octanol–water partition coefficient (Wildman–Crippen LogP) is 3.07. The summed E-state index contributed by atoms with van der Waals surface area (Å²) in [6, 6.07) is 6.03. The number of hydrogen-bond acceptors (Lipinski definition) is 4. The van der Waals surface area contributed by atoms with Gasteiger partial charge in [-0.15, -0.1) is 0 Å². The maximum Gasteiger partial charge on any atom is 0.128 e. The first-order chi connectivity index (χ1) is 7.76. The standard InChI is InChI=1S/C12H21N3S/c1-4-8-13-11-6-5-7-12(15-11)14-9-10(2)16-3/h5-7,10H,4,8-9H2,1-3H3,(H2,13,14,15). The lowest BCUT2D eigenvalue weighted by molar-refractivity contribution is 0.963. The molecule has 2 N–H and O–H groups in total. The Labute approximate surface area is 102 Å². The summed E-state index contributed by atoms with van der Waals surface area (Å²) in [5.74, 6) is 1.89. The molecule has 0 saturated carbocycles. The van der Waals surface area contributed by atoms with Gasteiger partial charge in [0.15, 0.2) is 0 Å². The van der Waals surface area contributed by atoms with E-state index in [1.807, 2.05) is 30.0 Å². The maximum atomic E-state index is 4.49. The van der Waals surface area contributed by atoms with E-state index in [4.69, 9.17) is 0 Å². The molecule has 1 heterocycles. The van der Waals surface area contributed by atoms with Gasteiger partial charge in [0, 0.05) is 18.3 Å². The maximum absolute atomic E-state index is 4.49. The highest BCUT2D eigenvalue weighted by molar-refractivity contribution is 7.99. The van der Waals surface area contributed by atoms with Gasteiger partial charge >= 0.3 is 0 Å². The Morgan fingerprint density at radius 1 is 1.31 bits per heavy atom. The van der Waals surface area contributed by atoms with Gasteiger partial charge in [-0.05, 0) is 24.8 Å². The second-order valence-corrected chi connectivity index (χ2v) is 5.04. The number of anilines is 2. The molecule has 0 spiro atoms. The largest absolute Gasteiger partial charge is 0.370 e. The Kier molecular flexibility index (Phi) is 6.08. The third-order valence-electron chi connectivity index (χ3n) is 2.28. The van der Waals surface area contributed by atoms with Crippen molar-refractivity contribution in [1.29, 1.82) is 0 Å². The van der Waals surface area contributed by atoms with Gasteiger partial charge in [0.2, 0.25) is 0 Å². The van der Waals surface area contributed by atoms with E-state index in [1.165, 1.54) is 0 Å². The summed E-state index contributed by atoms with van der Waals surface area (Å²) in [7, 11) is 0. The number of aromatic nitrogens is 1. The van der Waals surface area contributed by atoms with E-state index in [9.17, 15) is 0 Å². The highest BCUT2D eigenvalue weighted by Crippen LogP contribution is 2.11. The quantitative estimate of drug-likeness (QED) is 0.767. The minimum atomic E-state index is 0.606. The molecule has 0 aliphatic rings. The Morgan fingerprint density at radius 3 is 2.62 bits per heavy atom. The third-order valence-corrected chi connectivity index (χ3v) is 3.25. The number of pyridine rings is 1. The molecule has 0 fully saturated rings. The van der Waals surface area contributed by atoms with Gasteiger partial charge in [-0.1, -0.05) is 19.9 Å².